The number of primary amides is 1. The van der Waals surface area contributed by atoms with Gasteiger partial charge in [0.05, 0.1) is 0 Å². The molecular formula is C14H19N3O2S. The Balaban J connectivity index is 2.39. The normalized spacial score (nSPS) is 23.5. The highest BCUT2D eigenvalue weighted by molar-refractivity contribution is 7.10. The van der Waals surface area contributed by atoms with E-state index in [0.717, 1.165) is 12.1 Å². The van der Waals surface area contributed by atoms with E-state index in [2.05, 4.69) is 31.7 Å². The number of ether oxygens (including phenoxy) is 1. The van der Waals surface area contributed by atoms with Crippen LogP contribution in [-0.2, 0) is 10.3 Å². The predicted octanol–water partition coefficient (Wildman–Crippen LogP) is 2.41. The van der Waals surface area contributed by atoms with E-state index < -0.39 is 11.7 Å². The quantitative estimate of drug-likeness (QED) is 0.908. The summed E-state index contributed by atoms with van der Waals surface area (Å²) in [4.78, 5) is 14.1. The summed E-state index contributed by atoms with van der Waals surface area (Å²) in [7, 11) is 0. The van der Waals surface area contributed by atoms with Gasteiger partial charge in [-0.3, -0.25) is 4.90 Å². The summed E-state index contributed by atoms with van der Waals surface area (Å²) in [5.74, 6) is 0. The van der Waals surface area contributed by atoms with Crippen molar-refractivity contribution < 1.29 is 9.53 Å². The molecule has 108 valence electrons. The smallest absolute Gasteiger partial charge is 0.405 e. The van der Waals surface area contributed by atoms with E-state index in [0.29, 0.717) is 17.8 Å². The van der Waals surface area contributed by atoms with Gasteiger partial charge >= 0.3 is 6.09 Å². The first-order valence-electron chi connectivity index (χ1n) is 6.50. The number of carbonyl (C=O) groups is 1. The van der Waals surface area contributed by atoms with Crippen LogP contribution in [0, 0.1) is 11.3 Å². The summed E-state index contributed by atoms with van der Waals surface area (Å²) < 4.78 is 5.46. The molecule has 1 aliphatic heterocycles. The molecule has 1 amide bonds. The van der Waals surface area contributed by atoms with Gasteiger partial charge < -0.3 is 10.5 Å². The summed E-state index contributed by atoms with van der Waals surface area (Å²) in [5, 5.41) is 11.1. The largest absolute Gasteiger partial charge is 0.437 e. The molecule has 20 heavy (non-hydrogen) atoms. The lowest BCUT2D eigenvalue weighted by Crippen LogP contribution is -2.44. The molecule has 1 aromatic heterocycles. The lowest BCUT2D eigenvalue weighted by atomic mass is 9.93. The van der Waals surface area contributed by atoms with Gasteiger partial charge in [0.15, 0.2) is 5.60 Å². The standard InChI is InChI=1S/C14H19N3O2S/c1-13(2,3)17-6-5-14(9-17,19-12(16)18)10-4-7-20-11(10)8-15/h4,7H,5-6,9H2,1-3H3,(H2,16,18)/t14-/m1/s1. The molecule has 1 aromatic rings. The summed E-state index contributed by atoms with van der Waals surface area (Å²) in [6, 6.07) is 4.03. The first-order valence-corrected chi connectivity index (χ1v) is 7.38. The van der Waals surface area contributed by atoms with Crippen molar-refractivity contribution in [3.8, 4) is 6.07 Å². The van der Waals surface area contributed by atoms with Crippen molar-refractivity contribution in [2.45, 2.75) is 38.3 Å². The Kier molecular flexibility index (Phi) is 3.76. The number of hydrogen-bond acceptors (Lipinski definition) is 5. The van der Waals surface area contributed by atoms with Gasteiger partial charge in [0.2, 0.25) is 0 Å². The number of carbonyl (C=O) groups excluding carboxylic acids is 1. The van der Waals surface area contributed by atoms with Crippen LogP contribution in [0.15, 0.2) is 11.4 Å². The van der Waals surface area contributed by atoms with E-state index in [-0.39, 0.29) is 5.54 Å². The first-order chi connectivity index (χ1) is 9.28. The van der Waals surface area contributed by atoms with Crippen molar-refractivity contribution in [2.75, 3.05) is 13.1 Å². The van der Waals surface area contributed by atoms with Crippen LogP contribution in [0.3, 0.4) is 0 Å². The monoisotopic (exact) mass is 293 g/mol. The third-order valence-electron chi connectivity index (χ3n) is 3.73. The van der Waals surface area contributed by atoms with E-state index in [1.54, 1.807) is 0 Å². The maximum atomic E-state index is 11.3. The first kappa shape index (κ1) is 14.8. The Bertz CT molecular complexity index is 556. The number of hydrogen-bond donors (Lipinski definition) is 1. The number of thiophene rings is 1. The Hall–Kier alpha value is -1.58. The maximum absolute atomic E-state index is 11.3. The molecule has 1 fully saturated rings. The average molecular weight is 293 g/mol. The molecule has 1 saturated heterocycles. The fraction of sp³-hybridized carbons (Fsp3) is 0.571. The Morgan fingerprint density at radius 2 is 2.30 bits per heavy atom. The minimum absolute atomic E-state index is 0.0222. The third-order valence-corrected chi connectivity index (χ3v) is 4.55. The van der Waals surface area contributed by atoms with Crippen LogP contribution in [0.4, 0.5) is 4.79 Å². The van der Waals surface area contributed by atoms with Crippen LogP contribution in [0.25, 0.3) is 0 Å². The molecular weight excluding hydrogens is 274 g/mol. The molecule has 0 aliphatic carbocycles. The van der Waals surface area contributed by atoms with Gasteiger partial charge in [0.25, 0.3) is 0 Å². The molecule has 5 nitrogen and oxygen atoms in total. The Morgan fingerprint density at radius 1 is 1.60 bits per heavy atom. The molecule has 2 N–H and O–H groups in total. The molecule has 6 heteroatoms. The molecule has 0 radical (unpaired) electrons. The van der Waals surface area contributed by atoms with Gasteiger partial charge in [-0.1, -0.05) is 0 Å². The van der Waals surface area contributed by atoms with Crippen LogP contribution >= 0.6 is 11.3 Å². The van der Waals surface area contributed by atoms with Crippen LogP contribution in [0.5, 0.6) is 0 Å². The fourth-order valence-corrected chi connectivity index (χ4v) is 3.43. The van der Waals surface area contributed by atoms with E-state index in [9.17, 15) is 10.1 Å². The average Bonchev–Trinajstić information content (AvgIpc) is 2.93. The highest BCUT2D eigenvalue weighted by atomic mass is 32.1. The number of rotatable bonds is 2. The molecule has 0 bridgehead atoms. The second-order valence-corrected chi connectivity index (χ2v) is 6.95. The minimum atomic E-state index is -0.801. The zero-order valence-corrected chi connectivity index (χ0v) is 12.8. The number of likely N-dealkylation sites (tertiary alicyclic amines) is 1. The van der Waals surface area contributed by atoms with Gasteiger partial charge in [0.1, 0.15) is 10.9 Å². The van der Waals surface area contributed by atoms with Gasteiger partial charge in [-0.25, -0.2) is 4.79 Å². The van der Waals surface area contributed by atoms with Crippen LogP contribution in [0.2, 0.25) is 0 Å². The molecule has 2 rings (SSSR count). The summed E-state index contributed by atoms with van der Waals surface area (Å²) in [6.07, 6.45) is -0.144. The third kappa shape index (κ3) is 2.65. The maximum Gasteiger partial charge on any atom is 0.405 e. The van der Waals surface area contributed by atoms with Crippen molar-refractivity contribution in [1.29, 1.82) is 5.26 Å². The van der Waals surface area contributed by atoms with Crippen molar-refractivity contribution >= 4 is 17.4 Å². The van der Waals surface area contributed by atoms with Gasteiger partial charge in [-0.2, -0.15) is 5.26 Å². The molecule has 0 spiro atoms. The van der Waals surface area contributed by atoms with Crippen molar-refractivity contribution in [1.82, 2.24) is 4.90 Å². The lowest BCUT2D eigenvalue weighted by molar-refractivity contribution is 0.0117. The predicted molar refractivity (Wildman–Crippen MR) is 77.3 cm³/mol. The van der Waals surface area contributed by atoms with Gasteiger partial charge in [-0.15, -0.1) is 11.3 Å². The van der Waals surface area contributed by atoms with Gasteiger partial charge in [0, 0.05) is 30.6 Å². The van der Waals surface area contributed by atoms with Crippen molar-refractivity contribution in [2.24, 2.45) is 5.73 Å². The van der Waals surface area contributed by atoms with E-state index in [1.807, 2.05) is 11.4 Å². The molecule has 2 heterocycles. The van der Waals surface area contributed by atoms with Crippen LogP contribution < -0.4 is 5.73 Å². The van der Waals surface area contributed by atoms with Crippen molar-refractivity contribution in [3.63, 3.8) is 0 Å². The highest BCUT2D eigenvalue weighted by Crippen LogP contribution is 2.41. The van der Waals surface area contributed by atoms with Crippen LogP contribution in [0.1, 0.15) is 37.6 Å². The zero-order chi connectivity index (χ0) is 15.0. The zero-order valence-electron chi connectivity index (χ0n) is 12.0. The summed E-state index contributed by atoms with van der Waals surface area (Å²) in [5.41, 5.74) is 5.20. The molecule has 0 aromatic carbocycles. The molecule has 0 unspecified atom stereocenters. The summed E-state index contributed by atoms with van der Waals surface area (Å²) in [6.45, 7) is 7.72. The number of amides is 1. The van der Waals surface area contributed by atoms with E-state index >= 15 is 0 Å². The topological polar surface area (TPSA) is 79.3 Å². The number of nitrogens with two attached hydrogens (primary N) is 1. The van der Waals surface area contributed by atoms with Crippen molar-refractivity contribution in [3.05, 3.63) is 21.9 Å². The Morgan fingerprint density at radius 3 is 2.80 bits per heavy atom. The van der Waals surface area contributed by atoms with Crippen LogP contribution in [-0.4, -0.2) is 29.6 Å². The Labute approximate surface area is 122 Å². The second-order valence-electron chi connectivity index (χ2n) is 6.03. The SMILES string of the molecule is CC(C)(C)N1CC[C@](OC(N)=O)(c2ccsc2C#N)C1. The molecule has 1 aliphatic rings. The van der Waals surface area contributed by atoms with Gasteiger partial charge in [-0.05, 0) is 32.2 Å². The summed E-state index contributed by atoms with van der Waals surface area (Å²) >= 11 is 1.36. The second kappa shape index (κ2) is 5.08. The fourth-order valence-electron chi connectivity index (χ4n) is 2.66. The molecule has 1 atom stereocenters. The number of nitriles is 1. The highest BCUT2D eigenvalue weighted by Gasteiger charge is 2.47. The minimum Gasteiger partial charge on any atom is -0.437 e. The van der Waals surface area contributed by atoms with E-state index in [1.165, 1.54) is 11.3 Å². The number of nitrogens with zero attached hydrogens (tertiary/aromatic N) is 2. The van der Waals surface area contributed by atoms with E-state index in [4.69, 9.17) is 10.5 Å². The lowest BCUT2D eigenvalue weighted by Gasteiger charge is -2.34. The molecule has 0 saturated carbocycles.